The van der Waals surface area contributed by atoms with E-state index in [0.717, 1.165) is 5.39 Å². The lowest BCUT2D eigenvalue weighted by atomic mass is 10.1. The van der Waals surface area contributed by atoms with E-state index in [-0.39, 0.29) is 5.56 Å². The Morgan fingerprint density at radius 1 is 0.944 bits per heavy atom. The molecule has 0 radical (unpaired) electrons. The van der Waals surface area contributed by atoms with Crippen LogP contribution in [0, 0.1) is 0 Å². The highest BCUT2D eigenvalue weighted by Gasteiger charge is 2.45. The molecule has 0 N–H and O–H groups in total. The number of hydrogen-bond donors (Lipinski definition) is 0. The molecule has 2 aromatic rings. The lowest BCUT2D eigenvalue weighted by molar-refractivity contribution is -0.0437. The summed E-state index contributed by atoms with van der Waals surface area (Å²) >= 11 is 0. The van der Waals surface area contributed by atoms with E-state index in [4.69, 9.17) is 0 Å². The second-order valence-corrected chi connectivity index (χ2v) is 5.87. The Morgan fingerprint density at radius 2 is 1.56 bits per heavy atom. The van der Waals surface area contributed by atoms with Crippen molar-refractivity contribution in [2.75, 3.05) is 0 Å². The minimum absolute atomic E-state index is 0.131. The smallest absolute Gasteiger partial charge is 0.219 e. The predicted molar refractivity (Wildman–Crippen MR) is 62.6 cm³/mol. The van der Waals surface area contributed by atoms with Crippen LogP contribution in [0.25, 0.3) is 10.8 Å². The molecule has 0 aromatic heterocycles. The second-order valence-electron chi connectivity index (χ2n) is 3.89. The predicted octanol–water partition coefficient (Wildman–Crippen LogP) is 3.27. The lowest BCUT2D eigenvalue weighted by Gasteiger charge is -2.08. The van der Waals surface area contributed by atoms with E-state index < -0.39 is 21.1 Å². The van der Waals surface area contributed by atoms with Crippen LogP contribution in [0.5, 0.6) is 0 Å². The molecule has 0 saturated heterocycles. The first-order valence-electron chi connectivity index (χ1n) is 5.06. The molecule has 6 heteroatoms. The summed E-state index contributed by atoms with van der Waals surface area (Å²) in [5.74, 6) is -1.03. The zero-order valence-corrected chi connectivity index (χ0v) is 9.92. The van der Waals surface area contributed by atoms with Gasteiger partial charge in [-0.05, 0) is 16.3 Å². The molecule has 0 bridgehead atoms. The van der Waals surface area contributed by atoms with E-state index in [1.807, 2.05) is 0 Å². The van der Waals surface area contributed by atoms with Crippen LogP contribution in [-0.4, -0.2) is 13.9 Å². The maximum Gasteiger partial charge on any atom is 0.497 e. The summed E-state index contributed by atoms with van der Waals surface area (Å²) in [5, 5.41) is 1.57. The molecule has 0 heterocycles. The number of sulfone groups is 1. The molecule has 0 spiro atoms. The average Bonchev–Trinajstić information content (AvgIpc) is 2.27. The second kappa shape index (κ2) is 4.28. The molecule has 2 nitrogen and oxygen atoms in total. The molecule has 0 aliphatic heterocycles. The topological polar surface area (TPSA) is 34.1 Å². The maximum absolute atomic E-state index is 12.2. The van der Waals surface area contributed by atoms with Crippen molar-refractivity contribution >= 4 is 20.6 Å². The summed E-state index contributed by atoms with van der Waals surface area (Å²) in [6.07, 6.45) is 0. The van der Waals surface area contributed by atoms with E-state index in [1.54, 1.807) is 30.3 Å². The van der Waals surface area contributed by atoms with E-state index in [1.165, 1.54) is 12.1 Å². The SMILES string of the molecule is O=S(=O)(Cc1ccc2ccccc2c1)C(F)(F)F. The van der Waals surface area contributed by atoms with Crippen LogP contribution in [0.3, 0.4) is 0 Å². The van der Waals surface area contributed by atoms with Crippen LogP contribution in [0.15, 0.2) is 42.5 Å². The molecule has 2 rings (SSSR count). The van der Waals surface area contributed by atoms with Crippen LogP contribution in [0.1, 0.15) is 5.56 Å². The fourth-order valence-electron chi connectivity index (χ4n) is 1.63. The van der Waals surface area contributed by atoms with Crippen molar-refractivity contribution < 1.29 is 21.6 Å². The van der Waals surface area contributed by atoms with Gasteiger partial charge in [-0.2, -0.15) is 13.2 Å². The molecule has 0 unspecified atom stereocenters. The lowest BCUT2D eigenvalue weighted by Crippen LogP contribution is -2.24. The Kier molecular flexibility index (Phi) is 3.06. The molecule has 18 heavy (non-hydrogen) atoms. The Hall–Kier alpha value is -1.56. The molecular formula is C12H9F3O2S. The standard InChI is InChI=1S/C12H9F3O2S/c13-12(14,15)18(16,17)8-9-5-6-10-3-1-2-4-11(10)7-9/h1-7H,8H2. The van der Waals surface area contributed by atoms with E-state index in [2.05, 4.69) is 0 Å². The number of fused-ring (bicyclic) bond motifs is 1. The van der Waals surface area contributed by atoms with Crippen LogP contribution in [0.2, 0.25) is 0 Å². The van der Waals surface area contributed by atoms with Gasteiger partial charge in [-0.15, -0.1) is 0 Å². The molecular weight excluding hydrogens is 265 g/mol. The Morgan fingerprint density at radius 3 is 2.17 bits per heavy atom. The summed E-state index contributed by atoms with van der Waals surface area (Å²) in [4.78, 5) is 0. The van der Waals surface area contributed by atoms with Gasteiger partial charge in [-0.25, -0.2) is 8.42 Å². The summed E-state index contributed by atoms with van der Waals surface area (Å²) in [6.45, 7) is 0. The van der Waals surface area contributed by atoms with Gasteiger partial charge in [0.1, 0.15) is 0 Å². The fraction of sp³-hybridized carbons (Fsp3) is 0.167. The number of rotatable bonds is 2. The quantitative estimate of drug-likeness (QED) is 0.842. The van der Waals surface area contributed by atoms with Gasteiger partial charge in [0.15, 0.2) is 0 Å². The van der Waals surface area contributed by atoms with Crippen molar-refractivity contribution in [2.24, 2.45) is 0 Å². The molecule has 2 aromatic carbocycles. The molecule has 0 fully saturated rings. The molecule has 0 saturated carbocycles. The van der Waals surface area contributed by atoms with Crippen LogP contribution >= 0.6 is 0 Å². The molecule has 0 aliphatic carbocycles. The van der Waals surface area contributed by atoms with E-state index >= 15 is 0 Å². The third kappa shape index (κ3) is 2.48. The number of halogens is 3. The Balaban J connectivity index is 2.39. The Labute approximate surface area is 102 Å². The van der Waals surface area contributed by atoms with Crippen molar-refractivity contribution in [3.05, 3.63) is 48.0 Å². The normalized spacial score (nSPS) is 12.8. The summed E-state index contributed by atoms with van der Waals surface area (Å²) in [7, 11) is -5.12. The van der Waals surface area contributed by atoms with Crippen molar-refractivity contribution in [3.63, 3.8) is 0 Å². The van der Waals surface area contributed by atoms with Crippen molar-refractivity contribution in [3.8, 4) is 0 Å². The monoisotopic (exact) mass is 274 g/mol. The van der Waals surface area contributed by atoms with E-state index in [0.29, 0.717) is 5.39 Å². The number of alkyl halides is 3. The summed E-state index contributed by atoms with van der Waals surface area (Å²) in [5.41, 5.74) is -5.08. The van der Waals surface area contributed by atoms with Gasteiger partial charge in [-0.3, -0.25) is 0 Å². The summed E-state index contributed by atoms with van der Waals surface area (Å²) < 4.78 is 58.8. The molecule has 0 aliphatic rings. The van der Waals surface area contributed by atoms with Crippen LogP contribution < -0.4 is 0 Å². The summed E-state index contributed by atoms with van der Waals surface area (Å²) in [6, 6.07) is 11.5. The molecule has 96 valence electrons. The van der Waals surface area contributed by atoms with Gasteiger partial charge in [0.25, 0.3) is 9.84 Å². The first kappa shape index (κ1) is 12.9. The molecule has 0 atom stereocenters. The van der Waals surface area contributed by atoms with Gasteiger partial charge in [0.2, 0.25) is 0 Å². The van der Waals surface area contributed by atoms with Crippen molar-refractivity contribution in [2.45, 2.75) is 11.3 Å². The highest BCUT2D eigenvalue weighted by molar-refractivity contribution is 7.91. The van der Waals surface area contributed by atoms with Crippen molar-refractivity contribution in [1.29, 1.82) is 0 Å². The van der Waals surface area contributed by atoms with E-state index in [9.17, 15) is 21.6 Å². The fourth-order valence-corrected chi connectivity index (χ4v) is 2.41. The van der Waals surface area contributed by atoms with Gasteiger partial charge >= 0.3 is 5.51 Å². The van der Waals surface area contributed by atoms with Crippen LogP contribution in [0.4, 0.5) is 13.2 Å². The Bertz CT molecular complexity index is 675. The zero-order valence-electron chi connectivity index (χ0n) is 9.11. The van der Waals surface area contributed by atoms with Gasteiger partial charge in [0.05, 0.1) is 5.75 Å². The number of hydrogen-bond acceptors (Lipinski definition) is 2. The highest BCUT2D eigenvalue weighted by Crippen LogP contribution is 2.27. The number of benzene rings is 2. The minimum Gasteiger partial charge on any atom is -0.219 e. The minimum atomic E-state index is -5.21. The van der Waals surface area contributed by atoms with Gasteiger partial charge in [0, 0.05) is 0 Å². The van der Waals surface area contributed by atoms with Gasteiger partial charge in [-0.1, -0.05) is 42.5 Å². The first-order valence-corrected chi connectivity index (χ1v) is 6.71. The van der Waals surface area contributed by atoms with Crippen molar-refractivity contribution in [1.82, 2.24) is 0 Å². The largest absolute Gasteiger partial charge is 0.497 e. The van der Waals surface area contributed by atoms with Gasteiger partial charge < -0.3 is 0 Å². The average molecular weight is 274 g/mol. The maximum atomic E-state index is 12.2. The third-order valence-corrected chi connectivity index (χ3v) is 3.94. The zero-order chi connectivity index (χ0) is 13.4. The van der Waals surface area contributed by atoms with Crippen LogP contribution in [-0.2, 0) is 15.6 Å². The third-order valence-electron chi connectivity index (χ3n) is 2.52. The molecule has 0 amide bonds. The first-order chi connectivity index (χ1) is 8.29. The highest BCUT2D eigenvalue weighted by atomic mass is 32.2.